The second-order valence-electron chi connectivity index (χ2n) is 7.85. The molecule has 2 unspecified atom stereocenters. The SMILES string of the molecule is CN[C@H]1C[C@@]2(O)[C@H]3Cc4ccc(OC)cc4C2(CCN3C)CC1O. The Kier molecular flexibility index (Phi) is 3.69. The average Bonchev–Trinajstić information content (AvgIpc) is 2.58. The van der Waals surface area contributed by atoms with E-state index in [9.17, 15) is 10.2 Å². The van der Waals surface area contributed by atoms with Crippen molar-refractivity contribution in [2.24, 2.45) is 0 Å². The summed E-state index contributed by atoms with van der Waals surface area (Å²) in [5, 5.41) is 25.9. The van der Waals surface area contributed by atoms with E-state index in [4.69, 9.17) is 4.74 Å². The maximum Gasteiger partial charge on any atom is 0.119 e. The van der Waals surface area contributed by atoms with Gasteiger partial charge in [0.2, 0.25) is 0 Å². The Morgan fingerprint density at radius 2 is 2.12 bits per heavy atom. The molecule has 2 fully saturated rings. The molecule has 4 rings (SSSR count). The van der Waals surface area contributed by atoms with Crippen molar-refractivity contribution < 1.29 is 14.9 Å². The van der Waals surface area contributed by atoms with Gasteiger partial charge in [-0.3, -0.25) is 0 Å². The monoisotopic (exact) mass is 332 g/mol. The number of benzene rings is 1. The average molecular weight is 332 g/mol. The third-order valence-corrected chi connectivity index (χ3v) is 6.97. The molecule has 1 aliphatic heterocycles. The molecule has 3 N–H and O–H groups in total. The number of nitrogens with one attached hydrogen (secondary N) is 1. The van der Waals surface area contributed by atoms with Gasteiger partial charge >= 0.3 is 0 Å². The highest BCUT2D eigenvalue weighted by Crippen LogP contribution is 2.58. The lowest BCUT2D eigenvalue weighted by atomic mass is 9.48. The summed E-state index contributed by atoms with van der Waals surface area (Å²) < 4.78 is 5.45. The lowest BCUT2D eigenvalue weighted by molar-refractivity contribution is -0.184. The van der Waals surface area contributed by atoms with Crippen molar-refractivity contribution in [2.75, 3.05) is 27.7 Å². The number of nitrogens with zero attached hydrogens (tertiary/aromatic N) is 1. The number of hydrogen-bond donors (Lipinski definition) is 3. The van der Waals surface area contributed by atoms with E-state index in [2.05, 4.69) is 29.4 Å². The van der Waals surface area contributed by atoms with Gasteiger partial charge < -0.3 is 25.2 Å². The van der Waals surface area contributed by atoms with Crippen molar-refractivity contribution >= 4 is 0 Å². The molecule has 0 amide bonds. The molecule has 2 aliphatic carbocycles. The summed E-state index contributed by atoms with van der Waals surface area (Å²) in [6.45, 7) is 0.945. The van der Waals surface area contributed by atoms with Gasteiger partial charge in [0.05, 0.1) is 18.8 Å². The Morgan fingerprint density at radius 3 is 2.83 bits per heavy atom. The van der Waals surface area contributed by atoms with Gasteiger partial charge in [0.25, 0.3) is 0 Å². The molecule has 0 radical (unpaired) electrons. The van der Waals surface area contributed by atoms with Crippen LogP contribution in [0.5, 0.6) is 5.75 Å². The van der Waals surface area contributed by atoms with E-state index in [1.807, 2.05) is 13.1 Å². The molecule has 1 aromatic carbocycles. The van der Waals surface area contributed by atoms with Gasteiger partial charge in [0.1, 0.15) is 5.75 Å². The fourth-order valence-corrected chi connectivity index (χ4v) is 5.62. The number of rotatable bonds is 2. The number of likely N-dealkylation sites (tertiary alicyclic amines) is 1. The van der Waals surface area contributed by atoms with Gasteiger partial charge in [-0.05, 0) is 69.6 Å². The lowest BCUT2D eigenvalue weighted by Crippen LogP contribution is -2.75. The molecule has 5 nitrogen and oxygen atoms in total. The van der Waals surface area contributed by atoms with Crippen molar-refractivity contribution in [1.82, 2.24) is 10.2 Å². The highest BCUT2D eigenvalue weighted by atomic mass is 16.5. The van der Waals surface area contributed by atoms with Gasteiger partial charge in [-0.2, -0.15) is 0 Å². The van der Waals surface area contributed by atoms with Gasteiger partial charge in [0, 0.05) is 17.5 Å². The van der Waals surface area contributed by atoms with Gasteiger partial charge in [-0.25, -0.2) is 0 Å². The molecular weight excluding hydrogens is 304 g/mol. The number of aliphatic hydroxyl groups excluding tert-OH is 1. The van der Waals surface area contributed by atoms with Gasteiger partial charge in [0.15, 0.2) is 0 Å². The maximum atomic E-state index is 11.9. The minimum Gasteiger partial charge on any atom is -0.497 e. The third kappa shape index (κ3) is 1.96. The third-order valence-electron chi connectivity index (χ3n) is 6.97. The Hall–Kier alpha value is -1.14. The summed E-state index contributed by atoms with van der Waals surface area (Å²) in [5.74, 6) is 0.827. The summed E-state index contributed by atoms with van der Waals surface area (Å²) in [6.07, 6.45) is 2.44. The zero-order chi connectivity index (χ0) is 17.1. The van der Waals surface area contributed by atoms with Crippen LogP contribution in [0.1, 0.15) is 30.4 Å². The van der Waals surface area contributed by atoms with Crippen LogP contribution < -0.4 is 10.1 Å². The van der Waals surface area contributed by atoms with E-state index >= 15 is 0 Å². The van der Waals surface area contributed by atoms with Gasteiger partial charge in [-0.1, -0.05) is 6.07 Å². The Labute approximate surface area is 143 Å². The molecule has 132 valence electrons. The van der Waals surface area contributed by atoms with Crippen LogP contribution in [0, 0.1) is 0 Å². The van der Waals surface area contributed by atoms with Crippen molar-refractivity contribution in [3.8, 4) is 5.75 Å². The molecule has 5 atom stereocenters. The summed E-state index contributed by atoms with van der Waals surface area (Å²) in [4.78, 5) is 2.30. The van der Waals surface area contributed by atoms with E-state index in [0.717, 1.165) is 25.1 Å². The quantitative estimate of drug-likeness (QED) is 0.743. The summed E-state index contributed by atoms with van der Waals surface area (Å²) in [7, 11) is 5.66. The normalized spacial score (nSPS) is 41.5. The highest BCUT2D eigenvalue weighted by Gasteiger charge is 2.65. The smallest absolute Gasteiger partial charge is 0.119 e. The summed E-state index contributed by atoms with van der Waals surface area (Å²) >= 11 is 0. The minimum atomic E-state index is -0.827. The van der Waals surface area contributed by atoms with E-state index in [1.54, 1.807) is 7.11 Å². The number of aliphatic hydroxyl groups is 2. The molecule has 1 aromatic rings. The number of piperidine rings is 1. The Balaban J connectivity index is 1.91. The van der Waals surface area contributed by atoms with Crippen molar-refractivity contribution in [3.63, 3.8) is 0 Å². The van der Waals surface area contributed by atoms with Crippen molar-refractivity contribution in [3.05, 3.63) is 29.3 Å². The van der Waals surface area contributed by atoms with Crippen molar-refractivity contribution in [1.29, 1.82) is 0 Å². The maximum absolute atomic E-state index is 11.9. The molecule has 1 saturated heterocycles. The van der Waals surface area contributed by atoms with Crippen LogP contribution in [-0.4, -0.2) is 66.7 Å². The van der Waals surface area contributed by atoms with E-state index < -0.39 is 11.7 Å². The predicted molar refractivity (Wildman–Crippen MR) is 92.4 cm³/mol. The number of hydrogen-bond acceptors (Lipinski definition) is 5. The molecule has 2 bridgehead atoms. The standard InChI is InChI=1S/C19H28N2O3/c1-20-15-10-19(23)17-8-12-4-5-13(24-3)9-14(12)18(19,11-16(15)22)6-7-21(17)2/h4-5,9,15-17,20,22-23H,6-8,10-11H2,1-3H3/t15-,16?,17+,18?,19+/m0/s1. The predicted octanol–water partition coefficient (Wildman–Crippen LogP) is 0.667. The molecular formula is C19H28N2O3. The minimum absolute atomic E-state index is 0.0655. The fourth-order valence-electron chi connectivity index (χ4n) is 5.62. The second kappa shape index (κ2) is 5.43. The topological polar surface area (TPSA) is 65.0 Å². The first-order valence-electron chi connectivity index (χ1n) is 8.90. The van der Waals surface area contributed by atoms with Crippen LogP contribution in [-0.2, 0) is 11.8 Å². The van der Waals surface area contributed by atoms with Crippen LogP contribution in [0.3, 0.4) is 0 Å². The Morgan fingerprint density at radius 1 is 1.33 bits per heavy atom. The largest absolute Gasteiger partial charge is 0.497 e. The molecule has 0 aromatic heterocycles. The zero-order valence-corrected chi connectivity index (χ0v) is 14.7. The van der Waals surface area contributed by atoms with Gasteiger partial charge in [-0.15, -0.1) is 0 Å². The van der Waals surface area contributed by atoms with E-state index in [1.165, 1.54) is 11.1 Å². The molecule has 5 heteroatoms. The number of methoxy groups -OCH3 is 1. The van der Waals surface area contributed by atoms with Crippen LogP contribution >= 0.6 is 0 Å². The number of fused-ring (bicyclic) bond motifs is 1. The molecule has 1 heterocycles. The number of ether oxygens (including phenoxy) is 1. The first kappa shape index (κ1) is 16.3. The first-order valence-corrected chi connectivity index (χ1v) is 8.90. The highest BCUT2D eigenvalue weighted by molar-refractivity contribution is 5.49. The fraction of sp³-hybridized carbons (Fsp3) is 0.684. The first-order chi connectivity index (χ1) is 11.4. The molecule has 24 heavy (non-hydrogen) atoms. The lowest BCUT2D eigenvalue weighted by Gasteiger charge is -2.65. The molecule has 1 saturated carbocycles. The van der Waals surface area contributed by atoms with Crippen LogP contribution in [0.2, 0.25) is 0 Å². The number of likely N-dealkylation sites (N-methyl/N-ethyl adjacent to an activating group) is 2. The van der Waals surface area contributed by atoms with Crippen LogP contribution in [0.15, 0.2) is 18.2 Å². The zero-order valence-electron chi connectivity index (χ0n) is 14.7. The van der Waals surface area contributed by atoms with Crippen LogP contribution in [0.4, 0.5) is 0 Å². The molecule has 0 spiro atoms. The van der Waals surface area contributed by atoms with E-state index in [0.29, 0.717) is 12.8 Å². The molecule has 3 aliphatic rings. The van der Waals surface area contributed by atoms with Crippen LogP contribution in [0.25, 0.3) is 0 Å². The summed E-state index contributed by atoms with van der Waals surface area (Å²) in [5.41, 5.74) is 1.25. The Bertz CT molecular complexity index is 651. The van der Waals surface area contributed by atoms with Crippen molar-refractivity contribution in [2.45, 2.75) is 54.9 Å². The van der Waals surface area contributed by atoms with E-state index in [-0.39, 0.29) is 17.5 Å². The summed E-state index contributed by atoms with van der Waals surface area (Å²) in [6, 6.07) is 6.26. The second-order valence-corrected chi connectivity index (χ2v) is 7.85.